The van der Waals surface area contributed by atoms with Crippen LogP contribution in [0, 0.1) is 22.1 Å². The summed E-state index contributed by atoms with van der Waals surface area (Å²) in [6, 6.07) is 5.56. The van der Waals surface area contributed by atoms with Crippen molar-refractivity contribution in [1.82, 2.24) is 4.57 Å². The van der Waals surface area contributed by atoms with Crippen molar-refractivity contribution in [2.24, 2.45) is 0 Å². The predicted molar refractivity (Wildman–Crippen MR) is 39.9 cm³/mol. The lowest BCUT2D eigenvalue weighted by Gasteiger charge is -1.90. The smallest absolute Gasteiger partial charge is 0.336 e. The van der Waals surface area contributed by atoms with E-state index < -0.39 is 4.92 Å². The van der Waals surface area contributed by atoms with E-state index >= 15 is 0 Å². The Kier molecular flexibility index (Phi) is 1.93. The van der Waals surface area contributed by atoms with Crippen LogP contribution in [0.5, 0.6) is 0 Å². The standard InChI is InChI=1S/C7H6N2O2/c1-2-5-8-6-3-4-7(8)9(10)11/h3-4,6H,1H3. The van der Waals surface area contributed by atoms with Gasteiger partial charge in [-0.3, -0.25) is 0 Å². The Bertz CT molecular complexity index is 330. The highest BCUT2D eigenvalue weighted by molar-refractivity contribution is 5.27. The van der Waals surface area contributed by atoms with Gasteiger partial charge in [0.25, 0.3) is 0 Å². The summed E-state index contributed by atoms with van der Waals surface area (Å²) in [6.45, 7) is 1.63. The Morgan fingerprint density at radius 1 is 1.73 bits per heavy atom. The Hall–Kier alpha value is -1.76. The van der Waals surface area contributed by atoms with Gasteiger partial charge in [-0.05, 0) is 11.0 Å². The lowest BCUT2D eigenvalue weighted by molar-refractivity contribution is -0.390. The maximum Gasteiger partial charge on any atom is 0.336 e. The van der Waals surface area contributed by atoms with E-state index in [2.05, 4.69) is 12.0 Å². The zero-order valence-corrected chi connectivity index (χ0v) is 5.94. The van der Waals surface area contributed by atoms with Crippen LogP contribution < -0.4 is 0 Å². The molecule has 0 fully saturated rings. The number of nitrogens with zero attached hydrogens (tertiary/aromatic N) is 2. The predicted octanol–water partition coefficient (Wildman–Crippen LogP) is 1.23. The molecule has 1 aromatic rings. The van der Waals surface area contributed by atoms with Crippen molar-refractivity contribution >= 4 is 5.82 Å². The van der Waals surface area contributed by atoms with Crippen molar-refractivity contribution < 1.29 is 4.92 Å². The van der Waals surface area contributed by atoms with Crippen LogP contribution in [-0.4, -0.2) is 9.49 Å². The van der Waals surface area contributed by atoms with Gasteiger partial charge in [0.05, 0.1) is 0 Å². The second kappa shape index (κ2) is 2.88. The summed E-state index contributed by atoms with van der Waals surface area (Å²) in [5.74, 6) is 2.57. The minimum atomic E-state index is -0.468. The fourth-order valence-corrected chi connectivity index (χ4v) is 0.736. The van der Waals surface area contributed by atoms with Crippen molar-refractivity contribution in [3.05, 3.63) is 28.4 Å². The molecule has 0 radical (unpaired) electrons. The third-order valence-electron chi connectivity index (χ3n) is 1.15. The largest absolute Gasteiger partial charge is 0.358 e. The molecule has 1 rings (SSSR count). The van der Waals surface area contributed by atoms with E-state index in [9.17, 15) is 10.1 Å². The molecule has 4 heteroatoms. The Morgan fingerprint density at radius 2 is 2.45 bits per heavy atom. The van der Waals surface area contributed by atoms with Gasteiger partial charge in [0, 0.05) is 13.0 Å². The number of nitro groups is 1. The van der Waals surface area contributed by atoms with Crippen LogP contribution in [0.4, 0.5) is 5.82 Å². The zero-order valence-electron chi connectivity index (χ0n) is 5.94. The first kappa shape index (κ1) is 7.35. The molecule has 0 bridgehead atoms. The van der Waals surface area contributed by atoms with Crippen LogP contribution in [0.1, 0.15) is 6.92 Å². The number of hydrogen-bond acceptors (Lipinski definition) is 2. The summed E-state index contributed by atoms with van der Waals surface area (Å²) in [6.07, 6.45) is 1.55. The first-order valence-corrected chi connectivity index (χ1v) is 3.00. The van der Waals surface area contributed by atoms with E-state index in [1.807, 2.05) is 0 Å². The van der Waals surface area contributed by atoms with E-state index in [0.29, 0.717) is 0 Å². The van der Waals surface area contributed by atoms with E-state index in [0.717, 1.165) is 0 Å². The quantitative estimate of drug-likeness (QED) is 0.343. The minimum Gasteiger partial charge on any atom is -0.358 e. The molecule has 0 unspecified atom stereocenters. The molecule has 0 amide bonds. The normalized spacial score (nSPS) is 8.45. The summed E-state index contributed by atoms with van der Waals surface area (Å²) in [7, 11) is 0. The lowest BCUT2D eigenvalue weighted by atomic mass is 10.6. The molecule has 1 aromatic heterocycles. The summed E-state index contributed by atoms with van der Waals surface area (Å²) in [4.78, 5) is 9.81. The van der Waals surface area contributed by atoms with Gasteiger partial charge in [-0.1, -0.05) is 5.92 Å². The maximum atomic E-state index is 10.3. The van der Waals surface area contributed by atoms with Crippen LogP contribution >= 0.6 is 0 Å². The number of aromatic nitrogens is 1. The molecule has 0 atom stereocenters. The molecular formula is C7H6N2O2. The van der Waals surface area contributed by atoms with Crippen LogP contribution in [0.15, 0.2) is 18.3 Å². The fraction of sp³-hybridized carbons (Fsp3) is 0.143. The highest BCUT2D eigenvalue weighted by Crippen LogP contribution is 2.09. The van der Waals surface area contributed by atoms with Crippen molar-refractivity contribution in [1.29, 1.82) is 0 Å². The van der Waals surface area contributed by atoms with Gasteiger partial charge in [-0.15, -0.1) is 0 Å². The highest BCUT2D eigenvalue weighted by Gasteiger charge is 2.07. The van der Waals surface area contributed by atoms with Gasteiger partial charge in [0.1, 0.15) is 12.2 Å². The van der Waals surface area contributed by atoms with Gasteiger partial charge < -0.3 is 10.1 Å². The zero-order chi connectivity index (χ0) is 8.27. The topological polar surface area (TPSA) is 48.1 Å². The third-order valence-corrected chi connectivity index (χ3v) is 1.15. The van der Waals surface area contributed by atoms with E-state index in [4.69, 9.17) is 0 Å². The van der Waals surface area contributed by atoms with Crippen molar-refractivity contribution in [2.75, 3.05) is 0 Å². The van der Waals surface area contributed by atoms with Crippen LogP contribution in [-0.2, 0) is 0 Å². The molecule has 0 aliphatic carbocycles. The molecule has 0 saturated heterocycles. The maximum absolute atomic E-state index is 10.3. The molecule has 0 aliphatic rings. The second-order valence-electron chi connectivity index (χ2n) is 1.86. The third kappa shape index (κ3) is 1.38. The van der Waals surface area contributed by atoms with Gasteiger partial charge in [-0.25, -0.2) is 0 Å². The summed E-state index contributed by atoms with van der Waals surface area (Å²) in [5, 5.41) is 10.3. The van der Waals surface area contributed by atoms with Crippen LogP contribution in [0.25, 0.3) is 0 Å². The molecule has 11 heavy (non-hydrogen) atoms. The van der Waals surface area contributed by atoms with Crippen LogP contribution in [0.3, 0.4) is 0 Å². The van der Waals surface area contributed by atoms with Crippen molar-refractivity contribution in [3.8, 4) is 12.0 Å². The van der Waals surface area contributed by atoms with Gasteiger partial charge in [0.2, 0.25) is 0 Å². The number of hydrogen-bond donors (Lipinski definition) is 0. The number of rotatable bonds is 1. The highest BCUT2D eigenvalue weighted by atomic mass is 16.6. The minimum absolute atomic E-state index is 0.000602. The molecule has 0 N–H and O–H groups in total. The molecule has 0 spiro atoms. The molecule has 0 aromatic carbocycles. The van der Waals surface area contributed by atoms with Crippen LogP contribution in [0.2, 0.25) is 0 Å². The van der Waals surface area contributed by atoms with Gasteiger partial charge in [-0.2, -0.15) is 4.57 Å². The summed E-state index contributed by atoms with van der Waals surface area (Å²) < 4.78 is 1.28. The van der Waals surface area contributed by atoms with Gasteiger partial charge in [0.15, 0.2) is 0 Å². The van der Waals surface area contributed by atoms with E-state index in [1.54, 1.807) is 19.2 Å². The molecule has 4 nitrogen and oxygen atoms in total. The lowest BCUT2D eigenvalue weighted by Crippen LogP contribution is -1.95. The first-order valence-electron chi connectivity index (χ1n) is 3.00. The Labute approximate surface area is 63.6 Å². The summed E-state index contributed by atoms with van der Waals surface area (Å²) >= 11 is 0. The Balaban J connectivity index is 3.12. The monoisotopic (exact) mass is 150 g/mol. The summed E-state index contributed by atoms with van der Waals surface area (Å²) in [5.41, 5.74) is 0. The molecule has 56 valence electrons. The van der Waals surface area contributed by atoms with Crippen molar-refractivity contribution in [2.45, 2.75) is 6.92 Å². The van der Waals surface area contributed by atoms with E-state index in [-0.39, 0.29) is 5.82 Å². The fourth-order valence-electron chi connectivity index (χ4n) is 0.736. The SMILES string of the molecule is CC#Cn1cccc1[N+](=O)[O-]. The first-order chi connectivity index (χ1) is 5.25. The molecular weight excluding hydrogens is 144 g/mol. The molecule has 0 aliphatic heterocycles. The second-order valence-corrected chi connectivity index (χ2v) is 1.86. The average molecular weight is 150 g/mol. The Morgan fingerprint density at radius 3 is 3.00 bits per heavy atom. The van der Waals surface area contributed by atoms with E-state index in [1.165, 1.54) is 10.6 Å². The average Bonchev–Trinajstić information content (AvgIpc) is 2.36. The molecule has 0 saturated carbocycles. The molecule has 1 heterocycles. The van der Waals surface area contributed by atoms with Gasteiger partial charge >= 0.3 is 5.82 Å². The van der Waals surface area contributed by atoms with Crippen molar-refractivity contribution in [3.63, 3.8) is 0 Å².